The third kappa shape index (κ3) is 5.06. The molecule has 0 radical (unpaired) electrons. The highest BCUT2D eigenvalue weighted by Gasteiger charge is 2.06. The van der Waals surface area contributed by atoms with E-state index in [0.29, 0.717) is 5.92 Å². The minimum Gasteiger partial charge on any atom is -0.0988 e. The molecule has 0 saturated heterocycles. The molecule has 0 spiro atoms. The first-order valence-corrected chi connectivity index (χ1v) is 5.51. The highest BCUT2D eigenvalue weighted by atomic mass is 14.1. The van der Waals surface area contributed by atoms with Crippen LogP contribution < -0.4 is 0 Å². The van der Waals surface area contributed by atoms with Crippen LogP contribution in [0.25, 0.3) is 0 Å². The van der Waals surface area contributed by atoms with Gasteiger partial charge in [-0.15, -0.1) is 0 Å². The fourth-order valence-corrected chi connectivity index (χ4v) is 1.49. The number of rotatable bonds is 3. The second-order valence-corrected chi connectivity index (χ2v) is 3.43. The van der Waals surface area contributed by atoms with E-state index in [2.05, 4.69) is 47.3 Å². The maximum absolute atomic E-state index is 3.80. The molecule has 0 aliphatic carbocycles. The fraction of sp³-hybridized carbons (Fsp3) is 0.571. The maximum atomic E-state index is 3.80. The zero-order valence-corrected chi connectivity index (χ0v) is 10.9. The van der Waals surface area contributed by atoms with Gasteiger partial charge in [0.1, 0.15) is 0 Å². The molecule has 0 heterocycles. The molecule has 0 aliphatic heterocycles. The average Bonchev–Trinajstić information content (AvgIpc) is 2.20. The van der Waals surface area contributed by atoms with Gasteiger partial charge in [-0.2, -0.15) is 0 Å². The first-order valence-electron chi connectivity index (χ1n) is 5.51. The van der Waals surface area contributed by atoms with Gasteiger partial charge in [0.15, 0.2) is 0 Å². The molecule has 0 unspecified atom stereocenters. The van der Waals surface area contributed by atoms with Crippen LogP contribution in [-0.4, -0.2) is 0 Å². The van der Waals surface area contributed by atoms with Crippen LogP contribution in [0.1, 0.15) is 48.5 Å². The smallest absolute Gasteiger partial charge is 0.0214 e. The van der Waals surface area contributed by atoms with Gasteiger partial charge >= 0.3 is 0 Å². The van der Waals surface area contributed by atoms with E-state index >= 15 is 0 Å². The van der Waals surface area contributed by atoms with Gasteiger partial charge in [0.05, 0.1) is 0 Å². The monoisotopic (exact) mass is 194 g/mol. The molecule has 0 nitrogen and oxygen atoms in total. The van der Waals surface area contributed by atoms with Crippen molar-refractivity contribution in [2.24, 2.45) is 5.92 Å². The molecule has 0 aliphatic rings. The van der Waals surface area contributed by atoms with Gasteiger partial charge in [-0.1, -0.05) is 52.0 Å². The van der Waals surface area contributed by atoms with Crippen molar-refractivity contribution in [1.29, 1.82) is 0 Å². The lowest BCUT2D eigenvalue weighted by molar-refractivity contribution is 0.769. The third-order valence-corrected chi connectivity index (χ3v) is 2.17. The normalized spacial score (nSPS) is 13.0. The van der Waals surface area contributed by atoms with Gasteiger partial charge in [0.2, 0.25) is 0 Å². The molecule has 0 fully saturated rings. The van der Waals surface area contributed by atoms with Crippen LogP contribution in [0.3, 0.4) is 0 Å². The minimum atomic E-state index is 0.583. The molecule has 0 saturated carbocycles. The maximum Gasteiger partial charge on any atom is -0.0214 e. The summed E-state index contributed by atoms with van der Waals surface area (Å²) < 4.78 is 0. The lowest BCUT2D eigenvalue weighted by Gasteiger charge is -2.14. The summed E-state index contributed by atoms with van der Waals surface area (Å²) in [5.41, 5.74) is 4.08. The quantitative estimate of drug-likeness (QED) is 0.546. The zero-order valence-electron chi connectivity index (χ0n) is 10.9. The van der Waals surface area contributed by atoms with Crippen molar-refractivity contribution in [3.63, 3.8) is 0 Å². The van der Waals surface area contributed by atoms with Crippen molar-refractivity contribution >= 4 is 0 Å². The SMILES string of the molecule is C=C/C(C)=C(\C(C)=C/C)C(C)C.CC. The van der Waals surface area contributed by atoms with Gasteiger partial charge in [0, 0.05) is 0 Å². The Morgan fingerprint density at radius 3 is 1.79 bits per heavy atom. The lowest BCUT2D eigenvalue weighted by atomic mass is 9.91. The Bertz CT molecular complexity index is 214. The Balaban J connectivity index is 0. The fourth-order valence-electron chi connectivity index (χ4n) is 1.49. The van der Waals surface area contributed by atoms with E-state index in [1.807, 2.05) is 19.9 Å². The lowest BCUT2D eigenvalue weighted by Crippen LogP contribution is -1.98. The van der Waals surface area contributed by atoms with Crippen molar-refractivity contribution in [3.05, 3.63) is 35.5 Å². The molecule has 0 aromatic rings. The Labute approximate surface area is 90.4 Å². The Morgan fingerprint density at radius 1 is 1.14 bits per heavy atom. The van der Waals surface area contributed by atoms with E-state index in [1.165, 1.54) is 16.7 Å². The van der Waals surface area contributed by atoms with Crippen LogP contribution in [0.4, 0.5) is 0 Å². The van der Waals surface area contributed by atoms with Gasteiger partial charge in [-0.05, 0) is 37.8 Å². The summed E-state index contributed by atoms with van der Waals surface area (Å²) in [7, 11) is 0. The van der Waals surface area contributed by atoms with Gasteiger partial charge in [-0.3, -0.25) is 0 Å². The third-order valence-electron chi connectivity index (χ3n) is 2.17. The molecule has 0 bridgehead atoms. The summed E-state index contributed by atoms with van der Waals surface area (Å²) in [4.78, 5) is 0. The summed E-state index contributed by atoms with van der Waals surface area (Å²) in [6.07, 6.45) is 4.09. The predicted octanol–water partition coefficient (Wildman–Crippen LogP) is 5.14. The molecule has 0 aromatic heterocycles. The van der Waals surface area contributed by atoms with Crippen LogP contribution in [0.2, 0.25) is 0 Å². The van der Waals surface area contributed by atoms with Crippen molar-refractivity contribution in [2.75, 3.05) is 0 Å². The van der Waals surface area contributed by atoms with Crippen molar-refractivity contribution < 1.29 is 0 Å². The van der Waals surface area contributed by atoms with Gasteiger partial charge in [0.25, 0.3) is 0 Å². The van der Waals surface area contributed by atoms with Crippen LogP contribution in [0.15, 0.2) is 35.5 Å². The highest BCUT2D eigenvalue weighted by Crippen LogP contribution is 2.23. The molecule has 0 aromatic carbocycles. The van der Waals surface area contributed by atoms with E-state index < -0.39 is 0 Å². The van der Waals surface area contributed by atoms with Crippen molar-refractivity contribution in [3.8, 4) is 0 Å². The highest BCUT2D eigenvalue weighted by molar-refractivity contribution is 5.38. The minimum absolute atomic E-state index is 0.583. The molecule has 82 valence electrons. The van der Waals surface area contributed by atoms with E-state index in [1.54, 1.807) is 0 Å². The number of allylic oxidation sites excluding steroid dienone is 5. The summed E-state index contributed by atoms with van der Waals surface area (Å²) in [6, 6.07) is 0. The summed E-state index contributed by atoms with van der Waals surface area (Å²) in [6.45, 7) is 18.6. The molecule has 0 rings (SSSR count). The average molecular weight is 194 g/mol. The topological polar surface area (TPSA) is 0 Å². The van der Waals surface area contributed by atoms with E-state index in [0.717, 1.165) is 0 Å². The number of hydrogen-bond acceptors (Lipinski definition) is 0. The number of hydrogen-bond donors (Lipinski definition) is 0. The first kappa shape index (κ1) is 15.7. The van der Waals surface area contributed by atoms with Gasteiger partial charge in [-0.25, -0.2) is 0 Å². The van der Waals surface area contributed by atoms with Crippen LogP contribution in [-0.2, 0) is 0 Å². The van der Waals surface area contributed by atoms with Crippen molar-refractivity contribution in [1.82, 2.24) is 0 Å². The Morgan fingerprint density at radius 2 is 1.57 bits per heavy atom. The molecular weight excluding hydrogens is 168 g/mol. The van der Waals surface area contributed by atoms with Crippen molar-refractivity contribution in [2.45, 2.75) is 48.5 Å². The molecule has 0 heteroatoms. The van der Waals surface area contributed by atoms with E-state index in [4.69, 9.17) is 0 Å². The van der Waals surface area contributed by atoms with Crippen LogP contribution in [0, 0.1) is 5.92 Å². The second kappa shape index (κ2) is 8.80. The van der Waals surface area contributed by atoms with Crippen LogP contribution in [0.5, 0.6) is 0 Å². The summed E-state index contributed by atoms with van der Waals surface area (Å²) >= 11 is 0. The van der Waals surface area contributed by atoms with E-state index in [9.17, 15) is 0 Å². The molecule has 0 atom stereocenters. The Kier molecular flexibility index (Phi) is 9.86. The summed E-state index contributed by atoms with van der Waals surface area (Å²) in [5.74, 6) is 0.583. The first-order chi connectivity index (χ1) is 6.54. The molecule has 0 amide bonds. The Hall–Kier alpha value is -0.780. The summed E-state index contributed by atoms with van der Waals surface area (Å²) in [5, 5.41) is 0. The van der Waals surface area contributed by atoms with E-state index in [-0.39, 0.29) is 0 Å². The molecule has 0 N–H and O–H groups in total. The largest absolute Gasteiger partial charge is 0.0988 e. The molecule has 14 heavy (non-hydrogen) atoms. The zero-order chi connectivity index (χ0) is 11.7. The van der Waals surface area contributed by atoms with Crippen LogP contribution >= 0.6 is 0 Å². The predicted molar refractivity (Wildman–Crippen MR) is 68.5 cm³/mol. The van der Waals surface area contributed by atoms with Gasteiger partial charge < -0.3 is 0 Å². The molecular formula is C14H26. The standard InChI is InChI=1S/C12H20.C2H6/c1-7-10(5)12(9(3)4)11(6)8-2;1-2/h7-9H,1H2,2-6H3;1-2H3/b11-8-,12-10-;. The second-order valence-electron chi connectivity index (χ2n) is 3.43.